The SMILES string of the molecule is CC(=O)N[C@H]1[C@H](OC[C@H]2O[C@@H](O[C@@H]([C@H](O)[C@@H](O)CO)[C@H](O)CO)[C@H](O)[C@@H](O[C@@H]3O[C@H](CO[C@]4(C(=O)O)C[C@H](O)[C@@H](NC(C)=O)[C@H]([C@H](O)[C@H](O)CO)O4)[C@@H](O)[C@H](O[C@@H]4O[C@H](CO)[C@H](O)[C@H](O[C@]5(C(=O)O)C[C@H](O)[C@@H](NC(C)=O)[C@H]([C@H](O)[C@H](O)CO)O5)[C@H]4O)[C@H]3NC(C)=O)[C@H]2O)O[C@H](CO)[C@@H](O[C@@H]2O[C@H](CO)[C@H](O)[C@H](O[C@@H]3O[C@H](CO)[C@@H](O)[C@H](O[C@@H]4O[C@H](CO)[C@H](O)[C@H](O)[C@H]4O)[C@H]3NC(C)=O)[C@H]2O)[C@@H]1O. The maximum Gasteiger partial charge on any atom is 0.364 e. The largest absolute Gasteiger partial charge is 0.477 e. The van der Waals surface area contributed by atoms with Gasteiger partial charge in [-0.3, -0.25) is 24.0 Å². The number of aliphatic hydroxyl groups excluding tert-OH is 30. The molecule has 9 aliphatic heterocycles. The Balaban J connectivity index is 1.08. The van der Waals surface area contributed by atoms with Crippen molar-refractivity contribution in [2.24, 2.45) is 0 Å². The number of nitrogens with one attached hydrogen (secondary N) is 5. The average molecular weight is 2020 g/mol. The molecule has 0 aromatic heterocycles. The number of amides is 5. The summed E-state index contributed by atoms with van der Waals surface area (Å²) in [5.74, 6) is -16.6. The summed E-state index contributed by atoms with van der Waals surface area (Å²) >= 11 is 0. The number of carbonyl (C=O) groups excluding carboxylic acids is 5. The van der Waals surface area contributed by atoms with Crippen molar-refractivity contribution >= 4 is 41.5 Å². The van der Waals surface area contributed by atoms with Crippen molar-refractivity contribution < 1.29 is 282 Å². The van der Waals surface area contributed by atoms with Gasteiger partial charge < -0.3 is 275 Å². The lowest BCUT2D eigenvalue weighted by Crippen LogP contribution is -2.72. The summed E-state index contributed by atoms with van der Waals surface area (Å²) < 4.78 is 107. The highest BCUT2D eigenvalue weighted by Crippen LogP contribution is 2.43. The zero-order valence-corrected chi connectivity index (χ0v) is 74.0. The first-order chi connectivity index (χ1) is 64.9. The van der Waals surface area contributed by atoms with Crippen LogP contribution < -0.4 is 26.6 Å². The van der Waals surface area contributed by atoms with E-state index in [1.54, 1.807) is 0 Å². The maximum absolute atomic E-state index is 13.8. The van der Waals surface area contributed by atoms with Crippen molar-refractivity contribution in [3.8, 4) is 0 Å². The highest BCUT2D eigenvalue weighted by molar-refractivity contribution is 5.78. The van der Waals surface area contributed by atoms with Crippen molar-refractivity contribution in [3.63, 3.8) is 0 Å². The second-order valence-corrected chi connectivity index (χ2v) is 34.4. The summed E-state index contributed by atoms with van der Waals surface area (Å²) in [6.07, 6.45) is -105. The Kier molecular flexibility index (Phi) is 42.4. The summed E-state index contributed by atoms with van der Waals surface area (Å²) in [6.45, 7) is -9.87. The molecule has 0 spiro atoms. The summed E-state index contributed by atoms with van der Waals surface area (Å²) in [5.41, 5.74) is 0. The van der Waals surface area contributed by atoms with Crippen LogP contribution in [0.15, 0.2) is 0 Å². The smallest absolute Gasteiger partial charge is 0.364 e. The molecule has 0 bridgehead atoms. The molecule has 0 aromatic carbocycles. The van der Waals surface area contributed by atoms with E-state index >= 15 is 0 Å². The summed E-state index contributed by atoms with van der Waals surface area (Å²) in [7, 11) is 0. The fourth-order valence-corrected chi connectivity index (χ4v) is 17.3. The van der Waals surface area contributed by atoms with Gasteiger partial charge in [-0.05, 0) is 0 Å². The van der Waals surface area contributed by atoms with E-state index in [1.165, 1.54) is 0 Å². The third kappa shape index (κ3) is 26.2. The van der Waals surface area contributed by atoms with Crippen LogP contribution in [-0.4, -0.2) is 589 Å². The number of hydrogen-bond donors (Lipinski definition) is 37. The zero-order valence-electron chi connectivity index (χ0n) is 74.0. The summed E-state index contributed by atoms with van der Waals surface area (Å²) in [6, 6.07) is -10.1. The minimum Gasteiger partial charge on any atom is -0.477 e. The molecule has 0 aliphatic carbocycles. The highest BCUT2D eigenvalue weighted by Gasteiger charge is 2.65. The van der Waals surface area contributed by atoms with E-state index < -0.39 is 439 Å². The Hall–Kier alpha value is -5.63. The first kappa shape index (κ1) is 116. The number of carboxylic acids is 2. The van der Waals surface area contributed by atoms with Crippen molar-refractivity contribution in [2.45, 2.75) is 359 Å². The minimum atomic E-state index is -3.49. The first-order valence-corrected chi connectivity index (χ1v) is 43.3. The van der Waals surface area contributed by atoms with E-state index in [0.717, 1.165) is 34.6 Å². The number of carboxylic acid groups (broad SMARTS) is 2. The Bertz CT molecular complexity index is 3870. The molecule has 0 unspecified atom stereocenters. The van der Waals surface area contributed by atoms with Gasteiger partial charge in [0, 0.05) is 47.5 Å². The van der Waals surface area contributed by atoms with Gasteiger partial charge >= 0.3 is 11.9 Å². The number of rotatable bonds is 43. The summed E-state index contributed by atoms with van der Waals surface area (Å²) in [4.78, 5) is 92.1. The van der Waals surface area contributed by atoms with Crippen LogP contribution in [0.1, 0.15) is 47.5 Å². The molecular formula is C76H127N5O57. The standard InChI is InChI=1S/C76H127N5O57/c1-19(91)77-37-24(96)6-75(73(117)118,136-61(37)43(103)27(99)9-83)122-18-36-49(109)60(133-72-56(116)65(48(108)33(15-89)126-72)138-76(74(119)120)7-25(97)38(78-20(2)92)62(137-76)44(104)28(100)10-84)41(81-23(5)95)68(128-36)135-64-50(110)35(129-71(55(64)115)130-57(29(101)11-85)42(102)26(98)8-82)17-121-66-39(79-21(3)93)51(111)58(34(16-90)127-66)131-70-54(114)63(47(107)32(14-88)125-70)134-67-40(80-22(4)94)59(46(106)31(13-87)123-67)132-69-53(113)52(112)45(105)30(12-86)124-69/h24-72,82-90,96-116H,6-18H2,1-5H3,(H,77,91)(H,78,92)(H,79,93)(H,80,94)(H,81,95)(H,117,118)(H,119,120)/t24-,25-,26-,27+,28+,29+,30+,31+,32+,33+,34+,35+,36+,37+,38+,39+,40+,41+,42+,43+,44+,45-,46+,47-,48-,49+,50-,51+,52-,53+,54+,55+,56+,57+,58+,59+,60+,61+,62+,63-,64-,65-,66+,67-,68-,69-,70-,71-,72-,75+,76-/m0/s1. The molecule has 62 nitrogen and oxygen atoms in total. The van der Waals surface area contributed by atoms with Gasteiger partial charge in [0.05, 0.1) is 97.0 Å². The van der Waals surface area contributed by atoms with E-state index in [2.05, 4.69) is 26.6 Å². The molecule has 798 valence electrons. The lowest BCUT2D eigenvalue weighted by molar-refractivity contribution is -0.390. The number of ether oxygens (including phenoxy) is 18. The van der Waals surface area contributed by atoms with Gasteiger partial charge in [-0.15, -0.1) is 0 Å². The lowest BCUT2D eigenvalue weighted by atomic mass is 9.88. The van der Waals surface area contributed by atoms with Gasteiger partial charge in [-0.1, -0.05) is 0 Å². The van der Waals surface area contributed by atoms with Crippen LogP contribution in [0.3, 0.4) is 0 Å². The third-order valence-corrected chi connectivity index (χ3v) is 24.5. The molecule has 37 N–H and O–H groups in total. The van der Waals surface area contributed by atoms with Gasteiger partial charge in [0.15, 0.2) is 44.0 Å². The van der Waals surface area contributed by atoms with E-state index in [4.69, 9.17) is 85.3 Å². The second kappa shape index (κ2) is 50.5. The molecule has 5 amide bonds. The average Bonchev–Trinajstić information content (AvgIpc) is 0.755. The number of carbonyl (C=O) groups is 7. The number of aliphatic carboxylic acids is 2. The molecule has 9 saturated heterocycles. The van der Waals surface area contributed by atoms with Gasteiger partial charge in [0.25, 0.3) is 11.6 Å². The highest BCUT2D eigenvalue weighted by atomic mass is 16.8. The van der Waals surface area contributed by atoms with Crippen LogP contribution >= 0.6 is 0 Å². The van der Waals surface area contributed by atoms with E-state index in [-0.39, 0.29) is 0 Å². The monoisotopic (exact) mass is 2020 g/mol. The molecule has 51 atom stereocenters. The predicted octanol–water partition coefficient (Wildman–Crippen LogP) is -24.0. The van der Waals surface area contributed by atoms with Gasteiger partial charge in [0.2, 0.25) is 29.5 Å². The van der Waals surface area contributed by atoms with Crippen LogP contribution in [0.4, 0.5) is 0 Å². The van der Waals surface area contributed by atoms with Gasteiger partial charge in [-0.25, -0.2) is 9.59 Å². The fourth-order valence-electron chi connectivity index (χ4n) is 17.3. The van der Waals surface area contributed by atoms with E-state index in [9.17, 15) is 197 Å². The molecule has 138 heavy (non-hydrogen) atoms. The topological polar surface area (TPSA) is 993 Å². The molecular weight excluding hydrogens is 1890 g/mol. The van der Waals surface area contributed by atoms with Gasteiger partial charge in [-0.2, -0.15) is 0 Å². The molecule has 0 saturated carbocycles. The van der Waals surface area contributed by atoms with E-state index in [1.807, 2.05) is 0 Å². The zero-order chi connectivity index (χ0) is 103. The van der Waals surface area contributed by atoms with Crippen LogP contribution in [0.2, 0.25) is 0 Å². The quantitative estimate of drug-likeness (QED) is 0.0270. The molecule has 9 aliphatic rings. The molecule has 0 aromatic rings. The molecule has 0 radical (unpaired) electrons. The molecule has 9 rings (SSSR count). The van der Waals surface area contributed by atoms with Crippen LogP contribution in [0.5, 0.6) is 0 Å². The maximum atomic E-state index is 13.8. The Morgan fingerprint density at radius 3 is 1.08 bits per heavy atom. The fraction of sp³-hybridized carbons (Fsp3) is 0.908. The molecule has 62 heteroatoms. The minimum absolute atomic E-state index is 0.748. The van der Waals surface area contributed by atoms with Crippen LogP contribution in [0, 0.1) is 0 Å². The number of aliphatic hydroxyl groups is 30. The molecule has 9 heterocycles. The summed E-state index contributed by atoms with van der Waals surface area (Å²) in [5, 5.41) is 368. The Morgan fingerprint density at radius 2 is 0.645 bits per heavy atom. The van der Waals surface area contributed by atoms with Crippen molar-refractivity contribution in [1.82, 2.24) is 26.6 Å². The van der Waals surface area contributed by atoms with Gasteiger partial charge in [0.1, 0.15) is 232 Å². The Labute approximate surface area is 779 Å². The van der Waals surface area contributed by atoms with Crippen molar-refractivity contribution in [2.75, 3.05) is 72.7 Å². The van der Waals surface area contributed by atoms with E-state index in [0.29, 0.717) is 0 Å². The Morgan fingerprint density at radius 1 is 0.319 bits per heavy atom. The first-order valence-electron chi connectivity index (χ1n) is 43.3. The van der Waals surface area contributed by atoms with Crippen LogP contribution in [0.25, 0.3) is 0 Å². The lowest BCUT2D eigenvalue weighted by Gasteiger charge is -2.52. The number of hydrogen-bond acceptors (Lipinski definition) is 55. The van der Waals surface area contributed by atoms with Crippen molar-refractivity contribution in [3.05, 3.63) is 0 Å². The molecule has 9 fully saturated rings. The van der Waals surface area contributed by atoms with Crippen LogP contribution in [-0.2, 0) is 119 Å². The second-order valence-electron chi connectivity index (χ2n) is 34.4. The third-order valence-electron chi connectivity index (χ3n) is 24.5. The van der Waals surface area contributed by atoms with Crippen molar-refractivity contribution in [1.29, 1.82) is 0 Å². The normalized spacial score (nSPS) is 43.7. The predicted molar refractivity (Wildman–Crippen MR) is 424 cm³/mol.